The SMILES string of the molecule is COCCc1ccccc1NC(C)C1CCCCC1. The Bertz CT molecular complexity index is 371. The minimum Gasteiger partial charge on any atom is -0.384 e. The van der Waals surface area contributed by atoms with E-state index >= 15 is 0 Å². The summed E-state index contributed by atoms with van der Waals surface area (Å²) >= 11 is 0. The molecule has 2 rings (SSSR count). The van der Waals surface area contributed by atoms with Gasteiger partial charge in [-0.3, -0.25) is 0 Å². The summed E-state index contributed by atoms with van der Waals surface area (Å²) in [6, 6.07) is 9.21. The van der Waals surface area contributed by atoms with Crippen LogP contribution in [0.15, 0.2) is 24.3 Å². The monoisotopic (exact) mass is 261 g/mol. The first-order valence-corrected chi connectivity index (χ1v) is 7.64. The van der Waals surface area contributed by atoms with Crippen LogP contribution in [-0.4, -0.2) is 19.8 Å². The van der Waals surface area contributed by atoms with Crippen molar-refractivity contribution in [3.05, 3.63) is 29.8 Å². The van der Waals surface area contributed by atoms with Gasteiger partial charge in [-0.05, 0) is 43.7 Å². The van der Waals surface area contributed by atoms with Gasteiger partial charge in [0.05, 0.1) is 6.61 Å². The quantitative estimate of drug-likeness (QED) is 0.826. The minimum atomic E-state index is 0.573. The Balaban J connectivity index is 1.96. The molecular formula is C17H27NO. The minimum absolute atomic E-state index is 0.573. The zero-order valence-electron chi connectivity index (χ0n) is 12.3. The van der Waals surface area contributed by atoms with Gasteiger partial charge < -0.3 is 10.1 Å². The topological polar surface area (TPSA) is 21.3 Å². The fourth-order valence-corrected chi connectivity index (χ4v) is 3.09. The van der Waals surface area contributed by atoms with E-state index in [1.807, 2.05) is 0 Å². The van der Waals surface area contributed by atoms with Crippen LogP contribution < -0.4 is 5.32 Å². The van der Waals surface area contributed by atoms with E-state index in [-0.39, 0.29) is 0 Å². The second kappa shape index (κ2) is 7.54. The molecule has 1 atom stereocenters. The molecule has 1 saturated carbocycles. The molecule has 0 radical (unpaired) electrons. The molecule has 1 aromatic rings. The Kier molecular flexibility index (Phi) is 5.71. The van der Waals surface area contributed by atoms with Crippen molar-refractivity contribution in [2.24, 2.45) is 5.92 Å². The lowest BCUT2D eigenvalue weighted by atomic mass is 9.84. The number of hydrogen-bond donors (Lipinski definition) is 1. The van der Waals surface area contributed by atoms with Crippen LogP contribution >= 0.6 is 0 Å². The van der Waals surface area contributed by atoms with Crippen LogP contribution in [0, 0.1) is 5.92 Å². The van der Waals surface area contributed by atoms with Crippen LogP contribution in [0.3, 0.4) is 0 Å². The van der Waals surface area contributed by atoms with E-state index in [0.29, 0.717) is 6.04 Å². The lowest BCUT2D eigenvalue weighted by Gasteiger charge is -2.29. The predicted molar refractivity (Wildman–Crippen MR) is 81.7 cm³/mol. The van der Waals surface area contributed by atoms with Crippen LogP contribution in [0.25, 0.3) is 0 Å². The van der Waals surface area contributed by atoms with Crippen molar-refractivity contribution in [3.8, 4) is 0 Å². The Hall–Kier alpha value is -1.02. The number of anilines is 1. The van der Waals surface area contributed by atoms with E-state index in [1.54, 1.807) is 7.11 Å². The molecule has 106 valence electrons. The second-order valence-electron chi connectivity index (χ2n) is 5.73. The van der Waals surface area contributed by atoms with Gasteiger partial charge in [-0.15, -0.1) is 0 Å². The molecule has 0 amide bonds. The number of methoxy groups -OCH3 is 1. The lowest BCUT2D eigenvalue weighted by molar-refractivity contribution is 0.202. The molecule has 0 saturated heterocycles. The molecule has 1 unspecified atom stereocenters. The number of nitrogens with one attached hydrogen (secondary N) is 1. The Morgan fingerprint density at radius 1 is 1.21 bits per heavy atom. The largest absolute Gasteiger partial charge is 0.384 e. The third-order valence-electron chi connectivity index (χ3n) is 4.33. The van der Waals surface area contributed by atoms with Crippen molar-refractivity contribution in [3.63, 3.8) is 0 Å². The van der Waals surface area contributed by atoms with Gasteiger partial charge in [0, 0.05) is 18.8 Å². The van der Waals surface area contributed by atoms with Crippen molar-refractivity contribution in [1.29, 1.82) is 0 Å². The number of rotatable bonds is 6. The van der Waals surface area contributed by atoms with E-state index in [0.717, 1.165) is 18.9 Å². The number of ether oxygens (including phenoxy) is 1. The van der Waals surface area contributed by atoms with Crippen molar-refractivity contribution in [2.45, 2.75) is 51.5 Å². The highest BCUT2D eigenvalue weighted by Gasteiger charge is 2.20. The molecular weight excluding hydrogens is 234 g/mol. The smallest absolute Gasteiger partial charge is 0.0503 e. The average molecular weight is 261 g/mol. The summed E-state index contributed by atoms with van der Waals surface area (Å²) in [5, 5.41) is 3.73. The Labute approximate surface area is 117 Å². The Morgan fingerprint density at radius 2 is 1.95 bits per heavy atom. The summed E-state index contributed by atoms with van der Waals surface area (Å²) in [6.45, 7) is 3.12. The van der Waals surface area contributed by atoms with Gasteiger partial charge in [0.1, 0.15) is 0 Å². The van der Waals surface area contributed by atoms with Crippen molar-refractivity contribution in [1.82, 2.24) is 0 Å². The van der Waals surface area contributed by atoms with Gasteiger partial charge in [0.2, 0.25) is 0 Å². The summed E-state index contributed by atoms with van der Waals surface area (Å²) in [6.07, 6.45) is 7.98. The van der Waals surface area contributed by atoms with Gasteiger partial charge in [0.25, 0.3) is 0 Å². The molecule has 0 bridgehead atoms. The lowest BCUT2D eigenvalue weighted by Crippen LogP contribution is -2.28. The summed E-state index contributed by atoms with van der Waals surface area (Å²) < 4.78 is 5.19. The zero-order chi connectivity index (χ0) is 13.5. The first kappa shape index (κ1) is 14.4. The normalized spacial score (nSPS) is 18.2. The van der Waals surface area contributed by atoms with E-state index in [1.165, 1.54) is 43.4 Å². The fourth-order valence-electron chi connectivity index (χ4n) is 3.09. The molecule has 1 N–H and O–H groups in total. The summed E-state index contributed by atoms with van der Waals surface area (Å²) in [4.78, 5) is 0. The van der Waals surface area contributed by atoms with Crippen molar-refractivity contribution in [2.75, 3.05) is 19.0 Å². The van der Waals surface area contributed by atoms with Crippen molar-refractivity contribution < 1.29 is 4.74 Å². The van der Waals surface area contributed by atoms with Gasteiger partial charge in [-0.2, -0.15) is 0 Å². The van der Waals surface area contributed by atoms with Crippen LogP contribution in [0.4, 0.5) is 5.69 Å². The highest BCUT2D eigenvalue weighted by molar-refractivity contribution is 5.51. The van der Waals surface area contributed by atoms with Crippen LogP contribution in [0.1, 0.15) is 44.6 Å². The maximum Gasteiger partial charge on any atom is 0.0503 e. The maximum absolute atomic E-state index is 5.19. The van der Waals surface area contributed by atoms with E-state index in [9.17, 15) is 0 Å². The van der Waals surface area contributed by atoms with Crippen LogP contribution in [-0.2, 0) is 11.2 Å². The molecule has 1 fully saturated rings. The van der Waals surface area contributed by atoms with Gasteiger partial charge in [-0.25, -0.2) is 0 Å². The average Bonchev–Trinajstić information content (AvgIpc) is 2.47. The van der Waals surface area contributed by atoms with Gasteiger partial charge in [-0.1, -0.05) is 37.5 Å². The molecule has 0 aromatic heterocycles. The third-order valence-corrected chi connectivity index (χ3v) is 4.33. The highest BCUT2D eigenvalue weighted by Crippen LogP contribution is 2.28. The molecule has 0 heterocycles. The molecule has 19 heavy (non-hydrogen) atoms. The summed E-state index contributed by atoms with van der Waals surface area (Å²) in [5.41, 5.74) is 2.66. The number of para-hydroxylation sites is 1. The summed E-state index contributed by atoms with van der Waals surface area (Å²) in [5.74, 6) is 0.837. The van der Waals surface area contributed by atoms with Gasteiger partial charge >= 0.3 is 0 Å². The molecule has 2 heteroatoms. The molecule has 0 aliphatic heterocycles. The second-order valence-corrected chi connectivity index (χ2v) is 5.73. The highest BCUT2D eigenvalue weighted by atomic mass is 16.5. The van der Waals surface area contributed by atoms with Crippen molar-refractivity contribution >= 4 is 5.69 Å². The first-order valence-electron chi connectivity index (χ1n) is 7.64. The van der Waals surface area contributed by atoms with E-state index < -0.39 is 0 Å². The van der Waals surface area contributed by atoms with Gasteiger partial charge in [0.15, 0.2) is 0 Å². The standard InChI is InChI=1S/C17H27NO/c1-14(15-8-4-3-5-9-15)18-17-11-7-6-10-16(17)12-13-19-2/h6-7,10-11,14-15,18H,3-5,8-9,12-13H2,1-2H3. The zero-order valence-corrected chi connectivity index (χ0v) is 12.3. The third kappa shape index (κ3) is 4.24. The van der Waals surface area contributed by atoms with Crippen LogP contribution in [0.5, 0.6) is 0 Å². The molecule has 1 aliphatic rings. The number of benzene rings is 1. The number of hydrogen-bond acceptors (Lipinski definition) is 2. The maximum atomic E-state index is 5.19. The molecule has 0 spiro atoms. The Morgan fingerprint density at radius 3 is 2.68 bits per heavy atom. The molecule has 1 aromatic carbocycles. The van der Waals surface area contributed by atoms with Crippen LogP contribution in [0.2, 0.25) is 0 Å². The summed E-state index contributed by atoms with van der Waals surface area (Å²) in [7, 11) is 1.76. The molecule has 1 aliphatic carbocycles. The van der Waals surface area contributed by atoms with E-state index in [4.69, 9.17) is 4.74 Å². The fraction of sp³-hybridized carbons (Fsp3) is 0.647. The predicted octanol–water partition coefficient (Wildman–Crippen LogP) is 4.26. The molecule has 2 nitrogen and oxygen atoms in total. The van der Waals surface area contributed by atoms with E-state index in [2.05, 4.69) is 36.5 Å². The first-order chi connectivity index (χ1) is 9.31.